The molecule has 0 N–H and O–H groups in total. The Bertz CT molecular complexity index is 720. The van der Waals surface area contributed by atoms with Gasteiger partial charge in [-0.25, -0.2) is 9.18 Å². The molecule has 22 heavy (non-hydrogen) atoms. The molecule has 0 atom stereocenters. The zero-order valence-electron chi connectivity index (χ0n) is 12.6. The summed E-state index contributed by atoms with van der Waals surface area (Å²) in [6, 6.07) is 11.4. The van der Waals surface area contributed by atoms with Crippen molar-refractivity contribution >= 4 is 5.97 Å². The number of carbonyl (C=O) groups excluding carboxylic acids is 1. The first-order chi connectivity index (χ1) is 10.5. The Morgan fingerprint density at radius 3 is 2.59 bits per heavy atom. The molecule has 2 aromatic rings. The van der Waals surface area contributed by atoms with Gasteiger partial charge in [0.05, 0.1) is 12.7 Å². The molecule has 0 bridgehead atoms. The largest absolute Gasteiger partial charge is 0.487 e. The van der Waals surface area contributed by atoms with E-state index in [1.807, 2.05) is 13.0 Å². The average Bonchev–Trinajstić information content (AvgIpc) is 3.23. The molecule has 0 saturated heterocycles. The summed E-state index contributed by atoms with van der Waals surface area (Å²) >= 11 is 0. The molecular weight excluding hydrogens is 283 g/mol. The lowest BCUT2D eigenvalue weighted by Gasteiger charge is -2.17. The van der Waals surface area contributed by atoms with Gasteiger partial charge < -0.3 is 9.47 Å². The molecular formula is C18H17FO3. The summed E-state index contributed by atoms with van der Waals surface area (Å²) in [6.07, 6.45) is 1.94. The maximum absolute atomic E-state index is 13.5. The Balaban J connectivity index is 2.06. The third-order valence-electron chi connectivity index (χ3n) is 3.85. The van der Waals surface area contributed by atoms with Crippen molar-refractivity contribution in [1.82, 2.24) is 0 Å². The average molecular weight is 300 g/mol. The van der Waals surface area contributed by atoms with Gasteiger partial charge in [-0.3, -0.25) is 0 Å². The highest BCUT2D eigenvalue weighted by atomic mass is 19.1. The van der Waals surface area contributed by atoms with Crippen LogP contribution in [0, 0.1) is 5.82 Å². The normalized spacial score (nSPS) is 15.2. The van der Waals surface area contributed by atoms with Crippen LogP contribution in [0.3, 0.4) is 0 Å². The predicted octanol–water partition coefficient (Wildman–Crippen LogP) is 4.21. The molecule has 0 radical (unpaired) electrons. The Morgan fingerprint density at radius 2 is 1.95 bits per heavy atom. The highest BCUT2D eigenvalue weighted by Crippen LogP contribution is 2.43. The van der Waals surface area contributed by atoms with Crippen LogP contribution in [0.25, 0.3) is 11.1 Å². The minimum absolute atomic E-state index is 0.198. The van der Waals surface area contributed by atoms with Gasteiger partial charge in [-0.05, 0) is 55.7 Å². The fourth-order valence-corrected chi connectivity index (χ4v) is 2.29. The third kappa shape index (κ3) is 2.96. The highest BCUT2D eigenvalue weighted by Gasteiger charge is 2.40. The Morgan fingerprint density at radius 1 is 1.18 bits per heavy atom. The molecule has 0 aromatic heterocycles. The summed E-state index contributed by atoms with van der Waals surface area (Å²) in [4.78, 5) is 11.7. The van der Waals surface area contributed by atoms with Crippen LogP contribution in [0.4, 0.5) is 4.39 Å². The van der Waals surface area contributed by atoms with Crippen molar-refractivity contribution in [2.24, 2.45) is 0 Å². The van der Waals surface area contributed by atoms with E-state index in [4.69, 9.17) is 9.47 Å². The van der Waals surface area contributed by atoms with Crippen molar-refractivity contribution < 1.29 is 18.7 Å². The van der Waals surface area contributed by atoms with Gasteiger partial charge in [-0.15, -0.1) is 0 Å². The molecule has 1 aliphatic rings. The molecule has 114 valence electrons. The Hall–Kier alpha value is -2.36. The zero-order chi connectivity index (χ0) is 15.7. The van der Waals surface area contributed by atoms with E-state index in [2.05, 4.69) is 0 Å². The van der Waals surface area contributed by atoms with Crippen molar-refractivity contribution in [2.45, 2.75) is 25.4 Å². The van der Waals surface area contributed by atoms with Gasteiger partial charge in [-0.1, -0.05) is 12.1 Å². The van der Waals surface area contributed by atoms with E-state index >= 15 is 0 Å². The summed E-state index contributed by atoms with van der Waals surface area (Å²) in [6.45, 7) is 2.02. The van der Waals surface area contributed by atoms with E-state index in [1.54, 1.807) is 24.3 Å². The molecule has 0 spiro atoms. The number of carbonyl (C=O) groups is 1. The lowest BCUT2D eigenvalue weighted by Crippen LogP contribution is -2.13. The van der Waals surface area contributed by atoms with Gasteiger partial charge in [0.15, 0.2) is 0 Å². The predicted molar refractivity (Wildman–Crippen MR) is 81.4 cm³/mol. The number of hydrogen-bond acceptors (Lipinski definition) is 3. The second-order valence-corrected chi connectivity index (χ2v) is 5.76. The van der Waals surface area contributed by atoms with E-state index in [-0.39, 0.29) is 11.4 Å². The van der Waals surface area contributed by atoms with Crippen LogP contribution in [0.1, 0.15) is 30.1 Å². The SMILES string of the molecule is COC(=O)c1ccc(-c2cccc(F)c2)c(OC2(C)CC2)c1. The van der Waals surface area contributed by atoms with Crippen LogP contribution in [0.15, 0.2) is 42.5 Å². The monoisotopic (exact) mass is 300 g/mol. The van der Waals surface area contributed by atoms with Crippen molar-refractivity contribution in [1.29, 1.82) is 0 Å². The molecule has 0 aliphatic heterocycles. The van der Waals surface area contributed by atoms with Crippen molar-refractivity contribution in [3.8, 4) is 16.9 Å². The summed E-state index contributed by atoms with van der Waals surface area (Å²) in [7, 11) is 1.34. The molecule has 4 heteroatoms. The van der Waals surface area contributed by atoms with Crippen LogP contribution in [0.2, 0.25) is 0 Å². The fraction of sp³-hybridized carbons (Fsp3) is 0.278. The maximum Gasteiger partial charge on any atom is 0.337 e. The van der Waals surface area contributed by atoms with Gasteiger partial charge in [0.1, 0.15) is 17.2 Å². The van der Waals surface area contributed by atoms with E-state index in [1.165, 1.54) is 19.2 Å². The Labute approximate surface area is 128 Å². The second-order valence-electron chi connectivity index (χ2n) is 5.76. The first-order valence-electron chi connectivity index (χ1n) is 7.18. The Kier molecular flexibility index (Phi) is 3.61. The van der Waals surface area contributed by atoms with E-state index < -0.39 is 5.97 Å². The number of methoxy groups -OCH3 is 1. The van der Waals surface area contributed by atoms with E-state index in [9.17, 15) is 9.18 Å². The molecule has 1 saturated carbocycles. The number of benzene rings is 2. The standard InChI is InChI=1S/C18H17FO3/c1-18(8-9-18)22-16-11-13(17(20)21-2)6-7-15(16)12-4-3-5-14(19)10-12/h3-7,10-11H,8-9H2,1-2H3. The molecule has 0 unspecified atom stereocenters. The quantitative estimate of drug-likeness (QED) is 0.793. The van der Waals surface area contributed by atoms with Gasteiger partial charge >= 0.3 is 5.97 Å². The number of ether oxygens (including phenoxy) is 2. The lowest BCUT2D eigenvalue weighted by molar-refractivity contribution is 0.0599. The second kappa shape index (κ2) is 5.44. The molecule has 2 aromatic carbocycles. The molecule has 1 aliphatic carbocycles. The molecule has 3 nitrogen and oxygen atoms in total. The van der Waals surface area contributed by atoms with E-state index in [0.29, 0.717) is 11.3 Å². The van der Waals surface area contributed by atoms with Crippen LogP contribution in [-0.2, 0) is 4.74 Å². The van der Waals surface area contributed by atoms with Crippen LogP contribution >= 0.6 is 0 Å². The third-order valence-corrected chi connectivity index (χ3v) is 3.85. The van der Waals surface area contributed by atoms with Gasteiger partial charge in [0, 0.05) is 5.56 Å². The summed E-state index contributed by atoms with van der Waals surface area (Å²) in [5.74, 6) is -0.150. The molecule has 0 heterocycles. The lowest BCUT2D eigenvalue weighted by atomic mass is 10.0. The van der Waals surface area contributed by atoms with Crippen LogP contribution in [-0.4, -0.2) is 18.7 Å². The highest BCUT2D eigenvalue weighted by molar-refractivity contribution is 5.91. The maximum atomic E-state index is 13.5. The molecule has 3 rings (SSSR count). The van der Waals surface area contributed by atoms with Crippen molar-refractivity contribution in [3.05, 3.63) is 53.8 Å². The summed E-state index contributed by atoms with van der Waals surface area (Å²) < 4.78 is 24.3. The minimum Gasteiger partial charge on any atom is -0.487 e. The number of esters is 1. The number of rotatable bonds is 4. The fourth-order valence-electron chi connectivity index (χ4n) is 2.29. The summed E-state index contributed by atoms with van der Waals surface area (Å²) in [5, 5.41) is 0. The minimum atomic E-state index is -0.420. The molecule has 1 fully saturated rings. The van der Waals surface area contributed by atoms with Gasteiger partial charge in [-0.2, -0.15) is 0 Å². The van der Waals surface area contributed by atoms with Crippen LogP contribution in [0.5, 0.6) is 5.75 Å². The van der Waals surface area contributed by atoms with Gasteiger partial charge in [0.25, 0.3) is 0 Å². The number of hydrogen-bond donors (Lipinski definition) is 0. The van der Waals surface area contributed by atoms with Crippen molar-refractivity contribution in [2.75, 3.05) is 7.11 Å². The topological polar surface area (TPSA) is 35.5 Å². The first-order valence-corrected chi connectivity index (χ1v) is 7.18. The summed E-state index contributed by atoms with van der Waals surface area (Å²) in [5.41, 5.74) is 1.70. The van der Waals surface area contributed by atoms with E-state index in [0.717, 1.165) is 24.0 Å². The zero-order valence-corrected chi connectivity index (χ0v) is 12.6. The van der Waals surface area contributed by atoms with Crippen LogP contribution < -0.4 is 4.74 Å². The number of halogens is 1. The smallest absolute Gasteiger partial charge is 0.337 e. The first kappa shape index (κ1) is 14.6. The van der Waals surface area contributed by atoms with Crippen molar-refractivity contribution in [3.63, 3.8) is 0 Å². The van der Waals surface area contributed by atoms with Gasteiger partial charge in [0.2, 0.25) is 0 Å². The molecule has 0 amide bonds.